The van der Waals surface area contributed by atoms with Crippen LogP contribution in [0.4, 0.5) is 0 Å². The molecule has 4 rings (SSSR count). The fourth-order valence-corrected chi connectivity index (χ4v) is 4.22. The molecule has 0 aliphatic carbocycles. The number of hydrogen-bond acceptors (Lipinski definition) is 5. The number of nitrogens with zero attached hydrogens (tertiary/aromatic N) is 5. The monoisotopic (exact) mass is 423 g/mol. The van der Waals surface area contributed by atoms with Crippen LogP contribution in [-0.2, 0) is 16.1 Å². The van der Waals surface area contributed by atoms with Gasteiger partial charge in [-0.2, -0.15) is 10.2 Å². The van der Waals surface area contributed by atoms with Crippen LogP contribution in [0.15, 0.2) is 35.3 Å². The van der Waals surface area contributed by atoms with Crippen LogP contribution in [0.5, 0.6) is 0 Å². The van der Waals surface area contributed by atoms with E-state index < -0.39 is 0 Å². The van der Waals surface area contributed by atoms with Crippen molar-refractivity contribution < 1.29 is 9.53 Å². The molecule has 1 aliphatic rings. The van der Waals surface area contributed by atoms with E-state index in [9.17, 15) is 9.59 Å². The fourth-order valence-electron chi connectivity index (χ4n) is 4.22. The van der Waals surface area contributed by atoms with E-state index in [0.29, 0.717) is 18.6 Å². The molecule has 1 saturated heterocycles. The van der Waals surface area contributed by atoms with Gasteiger partial charge >= 0.3 is 0 Å². The molecule has 1 aromatic carbocycles. The molecule has 0 spiro atoms. The van der Waals surface area contributed by atoms with Crippen molar-refractivity contribution >= 4 is 16.8 Å². The standard InChI is InChI=1S/C23H29N5O3/c1-14(2)21-18-10-24-28(19-9-7-6-8-15(19)3)22(18)23(30)27(25-21)13-20(29)26-11-16(4)31-17(5)12-26/h6-10,14,16-17H,11-13H2,1-5H3/t16-,17+. The molecule has 1 amide bonds. The molecule has 0 bridgehead atoms. The number of para-hydroxylation sites is 1. The molecule has 1 fully saturated rings. The van der Waals surface area contributed by atoms with Gasteiger partial charge in [-0.25, -0.2) is 9.36 Å². The summed E-state index contributed by atoms with van der Waals surface area (Å²) in [5, 5.41) is 9.81. The SMILES string of the molecule is Cc1ccccc1-n1ncc2c(C(C)C)nn(CC(=O)N3C[C@@H](C)O[C@@H](C)C3)c(=O)c21. The maximum Gasteiger partial charge on any atom is 0.293 e. The molecule has 31 heavy (non-hydrogen) atoms. The highest BCUT2D eigenvalue weighted by molar-refractivity contribution is 5.83. The smallest absolute Gasteiger partial charge is 0.293 e. The number of hydrogen-bond donors (Lipinski definition) is 0. The van der Waals surface area contributed by atoms with Gasteiger partial charge in [0.1, 0.15) is 12.1 Å². The summed E-state index contributed by atoms with van der Waals surface area (Å²) in [6.45, 7) is 10.8. The predicted octanol–water partition coefficient (Wildman–Crippen LogP) is 2.65. The average Bonchev–Trinajstić information content (AvgIpc) is 3.14. The number of amides is 1. The quantitative estimate of drug-likeness (QED) is 0.644. The maximum atomic E-state index is 13.5. The number of carbonyl (C=O) groups excluding carboxylic acids is 1. The molecule has 3 heterocycles. The normalized spacial score (nSPS) is 19.4. The molecule has 164 valence electrons. The van der Waals surface area contributed by atoms with Crippen molar-refractivity contribution in [2.24, 2.45) is 0 Å². The summed E-state index contributed by atoms with van der Waals surface area (Å²) in [6.07, 6.45) is 1.63. The predicted molar refractivity (Wildman–Crippen MR) is 119 cm³/mol. The van der Waals surface area contributed by atoms with Crippen molar-refractivity contribution in [3.63, 3.8) is 0 Å². The average molecular weight is 424 g/mol. The van der Waals surface area contributed by atoms with Crippen molar-refractivity contribution in [3.05, 3.63) is 52.1 Å². The number of morpholine rings is 1. The van der Waals surface area contributed by atoms with Crippen LogP contribution in [-0.4, -0.2) is 55.7 Å². The Morgan fingerprint density at radius 3 is 2.52 bits per heavy atom. The molecule has 2 aromatic heterocycles. The molecular formula is C23H29N5O3. The van der Waals surface area contributed by atoms with Gasteiger partial charge in [0.2, 0.25) is 5.91 Å². The summed E-state index contributed by atoms with van der Waals surface area (Å²) in [5.41, 5.74) is 2.73. The van der Waals surface area contributed by atoms with Crippen LogP contribution in [0.1, 0.15) is 44.9 Å². The van der Waals surface area contributed by atoms with Crippen LogP contribution in [0.3, 0.4) is 0 Å². The second-order valence-electron chi connectivity index (χ2n) is 8.66. The molecule has 8 heteroatoms. The van der Waals surface area contributed by atoms with Gasteiger partial charge < -0.3 is 9.64 Å². The zero-order valence-electron chi connectivity index (χ0n) is 18.7. The van der Waals surface area contributed by atoms with Crippen LogP contribution in [0.25, 0.3) is 16.6 Å². The summed E-state index contributed by atoms with van der Waals surface area (Å²) in [7, 11) is 0. The lowest BCUT2D eigenvalue weighted by Crippen LogP contribution is -2.49. The van der Waals surface area contributed by atoms with Crippen LogP contribution >= 0.6 is 0 Å². The van der Waals surface area contributed by atoms with E-state index in [2.05, 4.69) is 10.2 Å². The third kappa shape index (κ3) is 3.99. The minimum atomic E-state index is -0.317. The van der Waals surface area contributed by atoms with Gasteiger partial charge in [-0.15, -0.1) is 0 Å². The molecule has 1 aliphatic heterocycles. The first kappa shape index (κ1) is 21.2. The van der Waals surface area contributed by atoms with E-state index in [1.165, 1.54) is 4.68 Å². The maximum absolute atomic E-state index is 13.5. The molecule has 0 N–H and O–H groups in total. The third-order valence-electron chi connectivity index (χ3n) is 5.66. The summed E-state index contributed by atoms with van der Waals surface area (Å²) >= 11 is 0. The van der Waals surface area contributed by atoms with Crippen molar-refractivity contribution in [1.82, 2.24) is 24.5 Å². The minimum absolute atomic E-state index is 0.0337. The molecule has 0 radical (unpaired) electrons. The Morgan fingerprint density at radius 2 is 1.87 bits per heavy atom. The number of benzene rings is 1. The number of ether oxygens (including phenoxy) is 1. The van der Waals surface area contributed by atoms with Gasteiger partial charge in [-0.1, -0.05) is 32.0 Å². The largest absolute Gasteiger partial charge is 0.372 e. The van der Waals surface area contributed by atoms with Gasteiger partial charge in [0.05, 0.1) is 29.8 Å². The summed E-state index contributed by atoms with van der Waals surface area (Å²) in [5.74, 6) is -0.0602. The first-order valence-corrected chi connectivity index (χ1v) is 10.7. The zero-order chi connectivity index (χ0) is 22.3. The molecule has 3 aromatic rings. The topological polar surface area (TPSA) is 82.2 Å². The highest BCUT2D eigenvalue weighted by Gasteiger charge is 2.27. The van der Waals surface area contributed by atoms with E-state index in [1.807, 2.05) is 58.9 Å². The Morgan fingerprint density at radius 1 is 1.19 bits per heavy atom. The first-order valence-electron chi connectivity index (χ1n) is 10.7. The number of aryl methyl sites for hydroxylation is 1. The molecular weight excluding hydrogens is 394 g/mol. The first-order chi connectivity index (χ1) is 14.8. The summed E-state index contributed by atoms with van der Waals surface area (Å²) in [4.78, 5) is 28.2. The van der Waals surface area contributed by atoms with E-state index in [0.717, 1.165) is 22.3 Å². The second-order valence-corrected chi connectivity index (χ2v) is 8.66. The van der Waals surface area contributed by atoms with Gasteiger partial charge in [0.25, 0.3) is 5.56 Å². The Kier molecular flexibility index (Phi) is 5.66. The highest BCUT2D eigenvalue weighted by Crippen LogP contribution is 2.24. The number of rotatable bonds is 4. The van der Waals surface area contributed by atoms with Gasteiger partial charge in [-0.3, -0.25) is 9.59 Å². The van der Waals surface area contributed by atoms with E-state index in [1.54, 1.807) is 15.8 Å². The lowest BCUT2D eigenvalue weighted by molar-refractivity contribution is -0.144. The Hall–Kier alpha value is -3.00. The second kappa shape index (κ2) is 8.26. The number of fused-ring (bicyclic) bond motifs is 1. The van der Waals surface area contributed by atoms with Crippen LogP contribution in [0, 0.1) is 6.92 Å². The van der Waals surface area contributed by atoms with E-state index in [4.69, 9.17) is 4.74 Å². The van der Waals surface area contributed by atoms with Gasteiger partial charge in [0.15, 0.2) is 0 Å². The Labute approximate surface area is 181 Å². The third-order valence-corrected chi connectivity index (χ3v) is 5.66. The van der Waals surface area contributed by atoms with Gasteiger partial charge in [0, 0.05) is 18.5 Å². The Balaban J connectivity index is 1.80. The highest BCUT2D eigenvalue weighted by atomic mass is 16.5. The lowest BCUT2D eigenvalue weighted by atomic mass is 10.1. The van der Waals surface area contributed by atoms with Crippen molar-refractivity contribution in [3.8, 4) is 5.69 Å². The zero-order valence-corrected chi connectivity index (χ0v) is 18.7. The molecule has 2 atom stereocenters. The van der Waals surface area contributed by atoms with E-state index >= 15 is 0 Å². The summed E-state index contributed by atoms with van der Waals surface area (Å²) in [6, 6.07) is 7.79. The summed E-state index contributed by atoms with van der Waals surface area (Å²) < 4.78 is 8.68. The lowest BCUT2D eigenvalue weighted by Gasteiger charge is -2.35. The van der Waals surface area contributed by atoms with Crippen molar-refractivity contribution in [1.29, 1.82) is 0 Å². The fraction of sp³-hybridized carbons (Fsp3) is 0.478. The minimum Gasteiger partial charge on any atom is -0.372 e. The molecule has 8 nitrogen and oxygen atoms in total. The van der Waals surface area contributed by atoms with Gasteiger partial charge in [-0.05, 0) is 38.3 Å². The van der Waals surface area contributed by atoms with Crippen molar-refractivity contribution in [2.75, 3.05) is 13.1 Å². The van der Waals surface area contributed by atoms with E-state index in [-0.39, 0.29) is 36.1 Å². The number of carbonyl (C=O) groups is 1. The Bertz CT molecular complexity index is 1170. The van der Waals surface area contributed by atoms with Crippen LogP contribution in [0.2, 0.25) is 0 Å². The molecule has 0 saturated carbocycles. The van der Waals surface area contributed by atoms with Crippen molar-refractivity contribution in [2.45, 2.75) is 59.3 Å². The van der Waals surface area contributed by atoms with Crippen LogP contribution < -0.4 is 5.56 Å². The molecule has 0 unspecified atom stereocenters. The number of aromatic nitrogens is 4.